The van der Waals surface area contributed by atoms with Crippen molar-refractivity contribution >= 4 is 22.7 Å². The number of rotatable bonds is 5. The molecule has 2 aromatic carbocycles. The van der Waals surface area contributed by atoms with E-state index in [4.69, 9.17) is 9.72 Å². The molecule has 0 unspecified atom stereocenters. The number of hydrogen-bond donors (Lipinski definition) is 1. The Kier molecular flexibility index (Phi) is 5.53. The summed E-state index contributed by atoms with van der Waals surface area (Å²) in [6.07, 6.45) is 3.52. The maximum absolute atomic E-state index is 5.55. The van der Waals surface area contributed by atoms with Gasteiger partial charge in [0.05, 0.1) is 18.1 Å². The quantitative estimate of drug-likeness (QED) is 0.461. The molecule has 0 aliphatic heterocycles. The maximum Gasteiger partial charge on any atom is 0.208 e. The van der Waals surface area contributed by atoms with Crippen LogP contribution in [-0.2, 0) is 0 Å². The summed E-state index contributed by atoms with van der Waals surface area (Å²) in [6, 6.07) is 15.3. The second-order valence-electron chi connectivity index (χ2n) is 11.1. The fraction of sp³-hybridized carbons (Fsp3) is 0.519. The van der Waals surface area contributed by atoms with Gasteiger partial charge in [0.1, 0.15) is 5.75 Å². The Bertz CT molecular complexity index is 1040. The highest BCUT2D eigenvalue weighted by Crippen LogP contribution is 2.51. The molecule has 0 bridgehead atoms. The molecule has 0 radical (unpaired) electrons. The Hall–Kier alpha value is -2.49. The van der Waals surface area contributed by atoms with E-state index in [2.05, 4.69) is 87.8 Å². The molecule has 166 valence electrons. The third kappa shape index (κ3) is 4.58. The van der Waals surface area contributed by atoms with Crippen molar-refractivity contribution in [3.8, 4) is 5.75 Å². The molecule has 1 N–H and O–H groups in total. The summed E-state index contributed by atoms with van der Waals surface area (Å²) in [5.41, 5.74) is 5.14. The average molecular weight is 420 g/mol. The second-order valence-corrected chi connectivity index (χ2v) is 11.1. The van der Waals surface area contributed by atoms with Crippen LogP contribution in [0.2, 0.25) is 0 Å². The van der Waals surface area contributed by atoms with Crippen LogP contribution >= 0.6 is 0 Å². The van der Waals surface area contributed by atoms with E-state index in [1.165, 1.54) is 12.0 Å². The van der Waals surface area contributed by atoms with Gasteiger partial charge < -0.3 is 14.6 Å². The van der Waals surface area contributed by atoms with Crippen molar-refractivity contribution in [2.24, 2.45) is 10.8 Å². The van der Waals surface area contributed by atoms with Crippen LogP contribution in [0.25, 0.3) is 11.0 Å². The first kappa shape index (κ1) is 21.7. The molecule has 4 heteroatoms. The van der Waals surface area contributed by atoms with E-state index in [0.29, 0.717) is 12.0 Å². The topological polar surface area (TPSA) is 39.1 Å². The van der Waals surface area contributed by atoms with Crippen molar-refractivity contribution in [2.45, 2.75) is 72.8 Å². The summed E-state index contributed by atoms with van der Waals surface area (Å²) < 4.78 is 7.98. The van der Waals surface area contributed by atoms with Crippen molar-refractivity contribution in [1.29, 1.82) is 0 Å². The smallest absolute Gasteiger partial charge is 0.208 e. The van der Waals surface area contributed by atoms with Gasteiger partial charge in [0.15, 0.2) is 0 Å². The van der Waals surface area contributed by atoms with E-state index in [-0.39, 0.29) is 10.8 Å². The van der Waals surface area contributed by atoms with E-state index < -0.39 is 0 Å². The van der Waals surface area contributed by atoms with E-state index in [1.807, 2.05) is 6.07 Å². The molecular weight excluding hydrogens is 382 g/mol. The standard InChI is InChI=1S/C27H37N3O/c1-18(2)19-8-10-20(11-9-19)28-25-29-23-13-12-22(31-7)14-24(23)30(25)21-15-26(3,4)17-27(5,6)16-21/h8-14,18,21H,15-17H2,1-7H3,(H,28,29). The number of fused-ring (bicyclic) bond motifs is 1. The van der Waals surface area contributed by atoms with Crippen LogP contribution in [0.4, 0.5) is 11.6 Å². The molecule has 3 aromatic rings. The number of hydrogen-bond acceptors (Lipinski definition) is 3. The Morgan fingerprint density at radius 2 is 1.65 bits per heavy atom. The largest absolute Gasteiger partial charge is 0.497 e. The summed E-state index contributed by atoms with van der Waals surface area (Å²) in [6.45, 7) is 14.1. The van der Waals surface area contributed by atoms with E-state index in [9.17, 15) is 0 Å². The summed E-state index contributed by atoms with van der Waals surface area (Å²) in [5.74, 6) is 2.31. The Balaban J connectivity index is 1.79. The van der Waals surface area contributed by atoms with Gasteiger partial charge in [-0.2, -0.15) is 0 Å². The van der Waals surface area contributed by atoms with E-state index in [1.54, 1.807) is 7.11 Å². The van der Waals surface area contributed by atoms with Gasteiger partial charge in [-0.1, -0.05) is 53.7 Å². The lowest BCUT2D eigenvalue weighted by molar-refractivity contribution is 0.0746. The van der Waals surface area contributed by atoms with Crippen molar-refractivity contribution < 1.29 is 4.74 Å². The van der Waals surface area contributed by atoms with Crippen LogP contribution in [0.15, 0.2) is 42.5 Å². The number of methoxy groups -OCH3 is 1. The molecule has 1 aliphatic carbocycles. The third-order valence-corrected chi connectivity index (χ3v) is 6.63. The van der Waals surface area contributed by atoms with Crippen molar-refractivity contribution in [3.63, 3.8) is 0 Å². The highest BCUT2D eigenvalue weighted by Gasteiger charge is 2.40. The minimum Gasteiger partial charge on any atom is -0.497 e. The molecule has 1 aromatic heterocycles. The summed E-state index contributed by atoms with van der Waals surface area (Å²) >= 11 is 0. The van der Waals surface area contributed by atoms with E-state index >= 15 is 0 Å². The van der Waals surface area contributed by atoms with Gasteiger partial charge in [-0.3, -0.25) is 0 Å². The molecule has 1 aliphatic rings. The lowest BCUT2D eigenvalue weighted by atomic mass is 9.63. The molecule has 1 fully saturated rings. The lowest BCUT2D eigenvalue weighted by Crippen LogP contribution is -2.35. The first-order valence-electron chi connectivity index (χ1n) is 11.5. The molecule has 0 saturated heterocycles. The highest BCUT2D eigenvalue weighted by molar-refractivity contribution is 5.81. The lowest BCUT2D eigenvalue weighted by Gasteiger charge is -2.45. The van der Waals surface area contributed by atoms with Gasteiger partial charge in [-0.05, 0) is 65.8 Å². The summed E-state index contributed by atoms with van der Waals surface area (Å²) in [4.78, 5) is 5.01. The zero-order valence-corrected chi connectivity index (χ0v) is 20.1. The normalized spacial score (nSPS) is 18.5. The van der Waals surface area contributed by atoms with E-state index in [0.717, 1.165) is 41.3 Å². The number of anilines is 2. The van der Waals surface area contributed by atoms with Crippen molar-refractivity contribution in [2.75, 3.05) is 12.4 Å². The summed E-state index contributed by atoms with van der Waals surface area (Å²) in [5, 5.41) is 3.63. The molecule has 1 saturated carbocycles. The van der Waals surface area contributed by atoms with Crippen molar-refractivity contribution in [3.05, 3.63) is 48.0 Å². The van der Waals surface area contributed by atoms with Crippen molar-refractivity contribution in [1.82, 2.24) is 9.55 Å². The first-order chi connectivity index (χ1) is 14.6. The Morgan fingerprint density at radius 1 is 1.00 bits per heavy atom. The highest BCUT2D eigenvalue weighted by atomic mass is 16.5. The molecule has 0 spiro atoms. The molecule has 1 heterocycles. The monoisotopic (exact) mass is 419 g/mol. The molecule has 4 nitrogen and oxygen atoms in total. The molecule has 31 heavy (non-hydrogen) atoms. The number of nitrogens with zero attached hydrogens (tertiary/aromatic N) is 2. The Morgan fingerprint density at radius 3 is 2.23 bits per heavy atom. The van der Waals surface area contributed by atoms with Gasteiger partial charge >= 0.3 is 0 Å². The zero-order valence-electron chi connectivity index (χ0n) is 20.1. The van der Waals surface area contributed by atoms with Crippen LogP contribution < -0.4 is 10.1 Å². The third-order valence-electron chi connectivity index (χ3n) is 6.63. The van der Waals surface area contributed by atoms with Gasteiger partial charge in [-0.25, -0.2) is 4.98 Å². The Labute approximate surface area is 187 Å². The SMILES string of the molecule is COc1ccc2nc(Nc3ccc(C(C)C)cc3)n(C3CC(C)(C)CC(C)(C)C3)c2c1. The van der Waals surface area contributed by atoms with Gasteiger partial charge in [-0.15, -0.1) is 0 Å². The maximum atomic E-state index is 5.55. The molecule has 0 atom stereocenters. The van der Waals surface area contributed by atoms with Gasteiger partial charge in [0.2, 0.25) is 5.95 Å². The molecule has 4 rings (SSSR count). The second kappa shape index (κ2) is 7.89. The predicted molar refractivity (Wildman–Crippen MR) is 131 cm³/mol. The number of nitrogens with one attached hydrogen (secondary N) is 1. The zero-order chi connectivity index (χ0) is 22.4. The minimum absolute atomic E-state index is 0.290. The average Bonchev–Trinajstić information content (AvgIpc) is 3.02. The molecular formula is C27H37N3O. The van der Waals surface area contributed by atoms with Crippen LogP contribution in [0.3, 0.4) is 0 Å². The number of benzene rings is 2. The van der Waals surface area contributed by atoms with Crippen LogP contribution in [0.5, 0.6) is 5.75 Å². The fourth-order valence-corrected chi connectivity index (χ4v) is 5.71. The summed E-state index contributed by atoms with van der Waals surface area (Å²) in [7, 11) is 1.73. The number of aromatic nitrogens is 2. The van der Waals surface area contributed by atoms with Crippen LogP contribution in [0.1, 0.15) is 78.3 Å². The van der Waals surface area contributed by atoms with Gasteiger partial charge in [0, 0.05) is 17.8 Å². The molecule has 0 amide bonds. The first-order valence-corrected chi connectivity index (χ1v) is 11.5. The predicted octanol–water partition coefficient (Wildman–Crippen LogP) is 7.69. The minimum atomic E-state index is 0.290. The van der Waals surface area contributed by atoms with Gasteiger partial charge in [0.25, 0.3) is 0 Å². The fourth-order valence-electron chi connectivity index (χ4n) is 5.71. The van der Waals surface area contributed by atoms with Crippen LogP contribution in [0, 0.1) is 10.8 Å². The van der Waals surface area contributed by atoms with Crippen LogP contribution in [-0.4, -0.2) is 16.7 Å². The number of ether oxygens (including phenoxy) is 1. The number of imidazole rings is 1.